The molecule has 3 aromatic rings. The van der Waals surface area contributed by atoms with Gasteiger partial charge in [0.15, 0.2) is 10.9 Å². The van der Waals surface area contributed by atoms with E-state index in [9.17, 15) is 17.2 Å². The fraction of sp³-hybridized carbons (Fsp3) is 0.222. The molecule has 0 amide bonds. The van der Waals surface area contributed by atoms with Crippen molar-refractivity contribution in [2.45, 2.75) is 19.4 Å². The molecule has 0 atom stereocenters. The van der Waals surface area contributed by atoms with Gasteiger partial charge >= 0.3 is 6.43 Å². The summed E-state index contributed by atoms with van der Waals surface area (Å²) in [6, 6.07) is 10.5. The van der Waals surface area contributed by atoms with Crippen LogP contribution in [0.5, 0.6) is 0 Å². The van der Waals surface area contributed by atoms with Gasteiger partial charge in [0.2, 0.25) is 10.0 Å². The number of hydrogen-bond donors (Lipinski definition) is 0. The van der Waals surface area contributed by atoms with Gasteiger partial charge in [-0.2, -0.15) is 13.8 Å². The quantitative estimate of drug-likeness (QED) is 0.625. The summed E-state index contributed by atoms with van der Waals surface area (Å²) in [5.41, 5.74) is 2.46. The molecule has 4 rings (SSSR count). The third-order valence-electron chi connectivity index (χ3n) is 4.41. The van der Waals surface area contributed by atoms with Gasteiger partial charge in [-0.1, -0.05) is 29.8 Å². The van der Waals surface area contributed by atoms with Crippen LogP contribution < -0.4 is 4.31 Å². The number of aryl methyl sites for hydroxylation is 1. The van der Waals surface area contributed by atoms with E-state index in [1.165, 1.54) is 10.5 Å². The van der Waals surface area contributed by atoms with Crippen LogP contribution in [-0.2, 0) is 23.0 Å². The number of fused-ring (bicyclic) bond motifs is 1. The Morgan fingerprint density at radius 2 is 2.00 bits per heavy atom. The second-order valence-electron chi connectivity index (χ2n) is 6.21. The van der Waals surface area contributed by atoms with Gasteiger partial charge in [0.05, 0.1) is 23.7 Å². The van der Waals surface area contributed by atoms with Gasteiger partial charge in [0.1, 0.15) is 0 Å². The number of hydrogen-bond acceptors (Lipinski definition) is 5. The molecule has 3 heterocycles. The molecule has 0 aliphatic carbocycles. The Kier molecular flexibility index (Phi) is 4.80. The first-order chi connectivity index (χ1) is 13.3. The standard InChI is InChI=1S/C18H14ClF2N3O3S/c19-16-15(27-18(23-16)17(20)21)12-5-6-13(22-9-12)10-24-14-4-2-1-3-11(14)7-8-28(24,25)26/h1-6,9,17H,7-8,10H2. The van der Waals surface area contributed by atoms with Crippen LogP contribution in [0.4, 0.5) is 14.5 Å². The van der Waals surface area contributed by atoms with E-state index in [1.54, 1.807) is 24.3 Å². The van der Waals surface area contributed by atoms with Crippen molar-refractivity contribution in [3.8, 4) is 11.3 Å². The normalized spacial score (nSPS) is 15.6. The van der Waals surface area contributed by atoms with Crippen molar-refractivity contribution in [3.05, 3.63) is 64.9 Å². The largest absolute Gasteiger partial charge is 0.433 e. The number of benzene rings is 1. The molecule has 0 spiro atoms. The second-order valence-corrected chi connectivity index (χ2v) is 8.58. The lowest BCUT2D eigenvalue weighted by Crippen LogP contribution is -2.37. The van der Waals surface area contributed by atoms with Gasteiger partial charge in [-0.3, -0.25) is 9.29 Å². The maximum absolute atomic E-state index is 12.7. The van der Waals surface area contributed by atoms with Crippen molar-refractivity contribution in [1.29, 1.82) is 0 Å². The van der Waals surface area contributed by atoms with Gasteiger partial charge in [0, 0.05) is 11.8 Å². The van der Waals surface area contributed by atoms with Gasteiger partial charge in [-0.05, 0) is 30.2 Å². The Labute approximate surface area is 164 Å². The number of aromatic nitrogens is 2. The van der Waals surface area contributed by atoms with Gasteiger partial charge in [0.25, 0.3) is 5.89 Å². The zero-order chi connectivity index (χ0) is 19.9. The molecule has 1 aliphatic heterocycles. The Morgan fingerprint density at radius 1 is 1.21 bits per heavy atom. The third kappa shape index (κ3) is 3.47. The molecule has 1 aliphatic rings. The number of sulfonamides is 1. The molecule has 1 aromatic carbocycles. The highest BCUT2D eigenvalue weighted by atomic mass is 35.5. The highest BCUT2D eigenvalue weighted by Crippen LogP contribution is 2.33. The van der Waals surface area contributed by atoms with E-state index >= 15 is 0 Å². The molecule has 0 saturated heterocycles. The molecule has 2 aromatic heterocycles. The number of halogens is 3. The molecular weight excluding hydrogens is 412 g/mol. The number of alkyl halides is 2. The zero-order valence-electron chi connectivity index (χ0n) is 14.3. The van der Waals surface area contributed by atoms with Crippen molar-refractivity contribution >= 4 is 27.3 Å². The van der Waals surface area contributed by atoms with Crippen molar-refractivity contribution < 1.29 is 21.6 Å². The van der Waals surface area contributed by atoms with Crippen LogP contribution in [0, 0.1) is 0 Å². The third-order valence-corrected chi connectivity index (χ3v) is 6.38. The van der Waals surface area contributed by atoms with Crippen LogP contribution in [-0.4, -0.2) is 24.1 Å². The second kappa shape index (κ2) is 7.14. The number of oxazole rings is 1. The number of rotatable bonds is 4. The molecular formula is C18H14ClF2N3O3S. The summed E-state index contributed by atoms with van der Waals surface area (Å²) in [6.07, 6.45) is -1.01. The Morgan fingerprint density at radius 3 is 2.68 bits per heavy atom. The highest BCUT2D eigenvalue weighted by molar-refractivity contribution is 7.92. The first-order valence-corrected chi connectivity index (χ1v) is 10.3. The van der Waals surface area contributed by atoms with Crippen LogP contribution in [0.2, 0.25) is 5.15 Å². The Bertz CT molecular complexity index is 1120. The lowest BCUT2D eigenvalue weighted by atomic mass is 10.1. The zero-order valence-corrected chi connectivity index (χ0v) is 15.9. The molecule has 0 radical (unpaired) electrons. The lowest BCUT2D eigenvalue weighted by Gasteiger charge is -2.30. The van der Waals surface area contributed by atoms with E-state index in [0.717, 1.165) is 5.56 Å². The number of nitrogens with zero attached hydrogens (tertiary/aromatic N) is 3. The molecule has 6 nitrogen and oxygen atoms in total. The minimum Gasteiger partial charge on any atom is -0.433 e. The van der Waals surface area contributed by atoms with Gasteiger partial charge < -0.3 is 4.42 Å². The fourth-order valence-electron chi connectivity index (χ4n) is 3.04. The summed E-state index contributed by atoms with van der Waals surface area (Å²) in [7, 11) is -3.45. The Balaban J connectivity index is 1.62. The van der Waals surface area contributed by atoms with E-state index in [4.69, 9.17) is 16.0 Å². The molecule has 0 fully saturated rings. The van der Waals surface area contributed by atoms with Gasteiger partial charge in [-0.15, -0.1) is 0 Å². The van der Waals surface area contributed by atoms with E-state index in [-0.39, 0.29) is 23.2 Å². The predicted octanol–water partition coefficient (Wildman–Crippen LogP) is 4.22. The van der Waals surface area contributed by atoms with E-state index in [1.807, 2.05) is 12.1 Å². The van der Waals surface area contributed by atoms with E-state index < -0.39 is 22.3 Å². The van der Waals surface area contributed by atoms with Crippen molar-refractivity contribution in [1.82, 2.24) is 9.97 Å². The minimum absolute atomic E-state index is 0.00745. The average Bonchev–Trinajstić information content (AvgIpc) is 3.07. The molecule has 0 bridgehead atoms. The smallest absolute Gasteiger partial charge is 0.313 e. The van der Waals surface area contributed by atoms with Crippen molar-refractivity contribution in [2.24, 2.45) is 0 Å². The minimum atomic E-state index is -3.45. The number of para-hydroxylation sites is 1. The molecule has 0 saturated carbocycles. The monoisotopic (exact) mass is 425 g/mol. The first kappa shape index (κ1) is 18.8. The first-order valence-electron chi connectivity index (χ1n) is 8.33. The molecule has 28 heavy (non-hydrogen) atoms. The number of anilines is 1. The summed E-state index contributed by atoms with van der Waals surface area (Å²) in [4.78, 5) is 7.72. The van der Waals surface area contributed by atoms with Crippen LogP contribution >= 0.6 is 11.6 Å². The van der Waals surface area contributed by atoms with Crippen LogP contribution in [0.3, 0.4) is 0 Å². The number of pyridine rings is 1. The molecule has 10 heteroatoms. The van der Waals surface area contributed by atoms with Crippen molar-refractivity contribution in [2.75, 3.05) is 10.1 Å². The predicted molar refractivity (Wildman–Crippen MR) is 99.8 cm³/mol. The van der Waals surface area contributed by atoms with E-state index in [0.29, 0.717) is 23.4 Å². The molecule has 0 N–H and O–H groups in total. The molecule has 146 valence electrons. The van der Waals surface area contributed by atoms with Crippen LogP contribution in [0.15, 0.2) is 47.0 Å². The summed E-state index contributed by atoms with van der Waals surface area (Å²) in [5, 5.41) is -0.183. The SMILES string of the molecule is O=S1(=O)CCc2ccccc2N1Cc1ccc(-c2oc(C(F)F)nc2Cl)cn1. The van der Waals surface area contributed by atoms with Crippen molar-refractivity contribution in [3.63, 3.8) is 0 Å². The highest BCUT2D eigenvalue weighted by Gasteiger charge is 2.29. The van der Waals surface area contributed by atoms with E-state index in [2.05, 4.69) is 9.97 Å². The summed E-state index contributed by atoms with van der Waals surface area (Å²) < 4.78 is 56.8. The van der Waals surface area contributed by atoms with Crippen LogP contribution in [0.1, 0.15) is 23.6 Å². The Hall–Kier alpha value is -2.52. The van der Waals surface area contributed by atoms with Crippen LogP contribution in [0.25, 0.3) is 11.3 Å². The lowest BCUT2D eigenvalue weighted by molar-refractivity contribution is 0.116. The summed E-state index contributed by atoms with van der Waals surface area (Å²) in [6.45, 7) is 0.0616. The maximum atomic E-state index is 12.7. The summed E-state index contributed by atoms with van der Waals surface area (Å²) in [5.74, 6) is -0.737. The molecule has 0 unspecified atom stereocenters. The fourth-order valence-corrected chi connectivity index (χ4v) is 4.77. The topological polar surface area (TPSA) is 76.3 Å². The average molecular weight is 426 g/mol. The maximum Gasteiger partial charge on any atom is 0.313 e. The summed E-state index contributed by atoms with van der Waals surface area (Å²) >= 11 is 5.86. The van der Waals surface area contributed by atoms with Gasteiger partial charge in [-0.25, -0.2) is 8.42 Å².